The summed E-state index contributed by atoms with van der Waals surface area (Å²) in [4.78, 5) is 15.0. The third kappa shape index (κ3) is 3.23. The lowest BCUT2D eigenvalue weighted by molar-refractivity contribution is 0.104. The number of hydrogen-bond acceptors (Lipinski definition) is 6. The minimum atomic E-state index is -3.79. The van der Waals surface area contributed by atoms with Crippen molar-refractivity contribution in [1.82, 2.24) is 5.32 Å². The van der Waals surface area contributed by atoms with Gasteiger partial charge in [-0.3, -0.25) is 4.79 Å². The van der Waals surface area contributed by atoms with E-state index in [0.29, 0.717) is 22.5 Å². The van der Waals surface area contributed by atoms with E-state index in [1.165, 1.54) is 12.1 Å². The fraction of sp³-hybridized carbons (Fsp3) is 0.200. The van der Waals surface area contributed by atoms with Crippen LogP contribution < -0.4 is 15.5 Å². The molecule has 2 aromatic rings. The first-order valence-electron chi connectivity index (χ1n) is 9.11. The first-order valence-corrected chi connectivity index (χ1v) is 10.5. The number of anilines is 2. The molecule has 0 aromatic heterocycles. The zero-order valence-electron chi connectivity index (χ0n) is 15.4. The number of carbonyl (C=O) groups excluding carboxylic acids is 1. The van der Waals surface area contributed by atoms with Gasteiger partial charge in [0.25, 0.3) is 10.0 Å². The van der Waals surface area contributed by atoms with Gasteiger partial charge in [-0.15, -0.1) is 12.4 Å². The molecule has 2 N–H and O–H groups in total. The van der Waals surface area contributed by atoms with E-state index in [-0.39, 0.29) is 23.1 Å². The predicted octanol–water partition coefficient (Wildman–Crippen LogP) is 2.20. The fourth-order valence-electron chi connectivity index (χ4n) is 3.87. The average Bonchev–Trinajstić information content (AvgIpc) is 2.99. The van der Waals surface area contributed by atoms with Gasteiger partial charge in [-0.05, 0) is 18.2 Å². The first-order chi connectivity index (χ1) is 13.5. The van der Waals surface area contributed by atoms with Gasteiger partial charge in [-0.1, -0.05) is 24.3 Å². The molecule has 9 heteroatoms. The van der Waals surface area contributed by atoms with Crippen LogP contribution in [0.1, 0.15) is 15.9 Å². The number of benzene rings is 2. The second-order valence-corrected chi connectivity index (χ2v) is 8.47. The first kappa shape index (κ1) is 19.6. The van der Waals surface area contributed by atoms with Crippen LogP contribution in [0.2, 0.25) is 0 Å². The number of sulfonamides is 1. The topological polar surface area (TPSA) is 90.9 Å². The minimum Gasteiger partial charge on any atom is -0.367 e. The van der Waals surface area contributed by atoms with Crippen LogP contribution in [-0.2, 0) is 10.0 Å². The second kappa shape index (κ2) is 7.29. The van der Waals surface area contributed by atoms with Crippen molar-refractivity contribution in [3.8, 4) is 0 Å². The number of halogens is 1. The molecule has 29 heavy (non-hydrogen) atoms. The summed E-state index contributed by atoms with van der Waals surface area (Å²) >= 11 is 0. The van der Waals surface area contributed by atoms with Crippen LogP contribution >= 0.6 is 12.4 Å². The highest BCUT2D eigenvalue weighted by Crippen LogP contribution is 2.36. The van der Waals surface area contributed by atoms with Gasteiger partial charge in [0, 0.05) is 43.4 Å². The van der Waals surface area contributed by atoms with Crippen LogP contribution in [0.3, 0.4) is 0 Å². The molecule has 1 saturated heterocycles. The maximum Gasteiger partial charge on any atom is 0.283 e. The van der Waals surface area contributed by atoms with Gasteiger partial charge >= 0.3 is 0 Å². The molecule has 7 nitrogen and oxygen atoms in total. The van der Waals surface area contributed by atoms with E-state index in [9.17, 15) is 13.2 Å². The molecule has 0 saturated carbocycles. The monoisotopic (exact) mass is 430 g/mol. The second-order valence-electron chi connectivity index (χ2n) is 6.90. The van der Waals surface area contributed by atoms with Crippen molar-refractivity contribution in [2.24, 2.45) is 4.40 Å². The quantitative estimate of drug-likeness (QED) is 0.775. The summed E-state index contributed by atoms with van der Waals surface area (Å²) in [5.74, 6) is -0.227. The van der Waals surface area contributed by atoms with E-state index in [0.717, 1.165) is 37.6 Å². The summed E-state index contributed by atoms with van der Waals surface area (Å²) < 4.78 is 28.9. The van der Waals surface area contributed by atoms with Crippen LogP contribution in [0, 0.1) is 0 Å². The Hall–Kier alpha value is -2.68. The molecule has 5 rings (SSSR count). The van der Waals surface area contributed by atoms with E-state index in [2.05, 4.69) is 19.9 Å². The lowest BCUT2D eigenvalue weighted by Crippen LogP contribution is -2.43. The van der Waals surface area contributed by atoms with E-state index in [4.69, 9.17) is 0 Å². The molecule has 1 aliphatic carbocycles. The maximum atomic E-state index is 12.6. The summed E-state index contributed by atoms with van der Waals surface area (Å²) in [7, 11) is -3.79. The number of carbonyl (C=O) groups is 1. The molecule has 2 heterocycles. The third-order valence-electron chi connectivity index (χ3n) is 5.18. The molecule has 2 aliphatic heterocycles. The van der Waals surface area contributed by atoms with Crippen LogP contribution in [0.15, 0.2) is 63.5 Å². The number of allylic oxidation sites excluding steroid dienone is 2. The lowest BCUT2D eigenvalue weighted by Gasteiger charge is -2.31. The standard InChI is InChI=1S/C20H18N4O3S.ClH/c25-17-12-15(20-19-13(17)4-3-7-18(19)28(26,27)23-20)22-14-5-1-2-6-16(14)24-10-8-21-9-11-24;/h1-7,12,21-22H,8-11H2;1H. The Morgan fingerprint density at radius 1 is 1.03 bits per heavy atom. The Bertz CT molecular complexity index is 1170. The summed E-state index contributed by atoms with van der Waals surface area (Å²) in [6, 6.07) is 12.5. The van der Waals surface area contributed by atoms with Crippen molar-refractivity contribution in [3.63, 3.8) is 0 Å². The van der Waals surface area contributed by atoms with E-state index in [1.807, 2.05) is 24.3 Å². The molecular formula is C20H19ClN4O3S. The molecule has 0 radical (unpaired) electrons. The van der Waals surface area contributed by atoms with Gasteiger partial charge in [0.1, 0.15) is 5.71 Å². The van der Waals surface area contributed by atoms with Gasteiger partial charge < -0.3 is 15.5 Å². The maximum absolute atomic E-state index is 12.6. The smallest absolute Gasteiger partial charge is 0.283 e. The molecule has 0 spiro atoms. The van der Waals surface area contributed by atoms with Crippen molar-refractivity contribution >= 4 is 45.3 Å². The van der Waals surface area contributed by atoms with Gasteiger partial charge in [-0.25, -0.2) is 0 Å². The van der Waals surface area contributed by atoms with Crippen LogP contribution in [0.4, 0.5) is 11.4 Å². The van der Waals surface area contributed by atoms with Crippen molar-refractivity contribution in [2.75, 3.05) is 36.4 Å². The average molecular weight is 431 g/mol. The number of piperazine rings is 1. The molecule has 0 amide bonds. The van der Waals surface area contributed by atoms with Gasteiger partial charge in [0.15, 0.2) is 5.78 Å². The molecule has 0 unspecified atom stereocenters. The number of para-hydroxylation sites is 2. The molecule has 0 bridgehead atoms. The van der Waals surface area contributed by atoms with E-state index >= 15 is 0 Å². The summed E-state index contributed by atoms with van der Waals surface area (Å²) in [6.45, 7) is 3.55. The Morgan fingerprint density at radius 3 is 2.59 bits per heavy atom. The van der Waals surface area contributed by atoms with Crippen LogP contribution in [0.5, 0.6) is 0 Å². The highest BCUT2D eigenvalue weighted by Gasteiger charge is 2.37. The predicted molar refractivity (Wildman–Crippen MR) is 115 cm³/mol. The summed E-state index contributed by atoms with van der Waals surface area (Å²) in [5.41, 5.74) is 3.32. The van der Waals surface area contributed by atoms with Gasteiger partial charge in [0.2, 0.25) is 0 Å². The van der Waals surface area contributed by atoms with Crippen molar-refractivity contribution in [3.05, 3.63) is 65.4 Å². The molecule has 1 fully saturated rings. The molecule has 3 aliphatic rings. The summed E-state index contributed by atoms with van der Waals surface area (Å²) in [5, 5.41) is 6.60. The van der Waals surface area contributed by atoms with E-state index in [1.54, 1.807) is 12.1 Å². The Balaban J connectivity index is 0.00000205. The highest BCUT2D eigenvalue weighted by molar-refractivity contribution is 7.90. The largest absolute Gasteiger partial charge is 0.367 e. The normalized spacial score (nSPS) is 19.0. The number of rotatable bonds is 3. The third-order valence-corrected chi connectivity index (χ3v) is 6.50. The SMILES string of the molecule is Cl.O=C1C=C(Nc2ccccc2N2CCNCC2)C2=NS(=O)(=O)c3cccc1c32. The summed E-state index contributed by atoms with van der Waals surface area (Å²) in [6.07, 6.45) is 1.43. The van der Waals surface area contributed by atoms with E-state index < -0.39 is 10.0 Å². The van der Waals surface area contributed by atoms with Gasteiger partial charge in [-0.2, -0.15) is 12.8 Å². The Morgan fingerprint density at radius 2 is 1.79 bits per heavy atom. The Labute approximate surface area is 175 Å². The van der Waals surface area contributed by atoms with Crippen molar-refractivity contribution in [1.29, 1.82) is 0 Å². The molecule has 0 atom stereocenters. The van der Waals surface area contributed by atoms with Gasteiger partial charge in [0.05, 0.1) is 22.0 Å². The zero-order chi connectivity index (χ0) is 19.3. The highest BCUT2D eigenvalue weighted by atomic mass is 35.5. The fourth-order valence-corrected chi connectivity index (χ4v) is 5.12. The molecular weight excluding hydrogens is 412 g/mol. The number of hydrogen-bond donors (Lipinski definition) is 2. The zero-order valence-corrected chi connectivity index (χ0v) is 17.0. The number of nitrogens with one attached hydrogen (secondary N) is 2. The lowest BCUT2D eigenvalue weighted by atomic mass is 9.92. The number of ketones is 1. The van der Waals surface area contributed by atoms with Crippen molar-refractivity contribution < 1.29 is 13.2 Å². The Kier molecular flexibility index (Phi) is 4.94. The van der Waals surface area contributed by atoms with Crippen molar-refractivity contribution in [2.45, 2.75) is 4.90 Å². The molecule has 2 aromatic carbocycles. The molecule has 150 valence electrons. The number of nitrogens with zero attached hydrogens (tertiary/aromatic N) is 2. The minimum absolute atomic E-state index is 0. The van der Waals surface area contributed by atoms with Crippen LogP contribution in [0.25, 0.3) is 0 Å². The van der Waals surface area contributed by atoms with Crippen LogP contribution in [-0.4, -0.2) is 46.1 Å².